The maximum atomic E-state index is 12.3. The van der Waals surface area contributed by atoms with Gasteiger partial charge in [0.2, 0.25) is 0 Å². The Balaban J connectivity index is 1.82. The SMILES string of the molecule is Cc1ccn2c(=O)c(C(=O)NCC3CCCO3)cnc2c1. The summed E-state index contributed by atoms with van der Waals surface area (Å²) in [7, 11) is 0. The van der Waals surface area contributed by atoms with Gasteiger partial charge in [0.05, 0.1) is 6.10 Å². The van der Waals surface area contributed by atoms with Crippen LogP contribution in [0.15, 0.2) is 29.3 Å². The lowest BCUT2D eigenvalue weighted by atomic mass is 10.2. The van der Waals surface area contributed by atoms with Gasteiger partial charge in [0.15, 0.2) is 0 Å². The lowest BCUT2D eigenvalue weighted by molar-refractivity contribution is 0.0856. The molecule has 0 radical (unpaired) electrons. The fourth-order valence-electron chi connectivity index (χ4n) is 2.44. The molecule has 0 aromatic carbocycles. The van der Waals surface area contributed by atoms with Crippen LogP contribution in [0.1, 0.15) is 28.8 Å². The molecule has 21 heavy (non-hydrogen) atoms. The second kappa shape index (κ2) is 5.65. The van der Waals surface area contributed by atoms with Crippen molar-refractivity contribution in [2.75, 3.05) is 13.2 Å². The fraction of sp³-hybridized carbons (Fsp3) is 0.400. The first-order valence-corrected chi connectivity index (χ1v) is 7.03. The van der Waals surface area contributed by atoms with Crippen LogP contribution in [0.2, 0.25) is 0 Å². The number of nitrogens with zero attached hydrogens (tertiary/aromatic N) is 2. The van der Waals surface area contributed by atoms with Crippen LogP contribution in [0.4, 0.5) is 0 Å². The molecule has 0 saturated carbocycles. The molecular formula is C15H17N3O3. The van der Waals surface area contributed by atoms with Crippen molar-refractivity contribution in [3.63, 3.8) is 0 Å². The zero-order chi connectivity index (χ0) is 14.8. The van der Waals surface area contributed by atoms with E-state index in [4.69, 9.17) is 4.74 Å². The Labute approximate surface area is 121 Å². The molecule has 0 bridgehead atoms. The summed E-state index contributed by atoms with van der Waals surface area (Å²) >= 11 is 0. The zero-order valence-corrected chi connectivity index (χ0v) is 11.8. The third-order valence-electron chi connectivity index (χ3n) is 3.62. The summed E-state index contributed by atoms with van der Waals surface area (Å²) in [5.74, 6) is -0.405. The fourth-order valence-corrected chi connectivity index (χ4v) is 2.44. The van der Waals surface area contributed by atoms with Crippen LogP contribution in [-0.4, -0.2) is 34.5 Å². The van der Waals surface area contributed by atoms with E-state index in [9.17, 15) is 9.59 Å². The Morgan fingerprint density at radius 2 is 2.43 bits per heavy atom. The lowest BCUT2D eigenvalue weighted by Gasteiger charge is -2.10. The number of rotatable bonds is 3. The molecule has 0 aliphatic carbocycles. The van der Waals surface area contributed by atoms with E-state index in [1.54, 1.807) is 12.3 Å². The molecule has 3 rings (SSSR count). The molecule has 6 heteroatoms. The maximum Gasteiger partial charge on any atom is 0.270 e. The highest BCUT2D eigenvalue weighted by Gasteiger charge is 2.18. The number of carbonyl (C=O) groups excluding carboxylic acids is 1. The van der Waals surface area contributed by atoms with Crippen LogP contribution >= 0.6 is 0 Å². The van der Waals surface area contributed by atoms with Gasteiger partial charge in [0.25, 0.3) is 11.5 Å². The Hall–Kier alpha value is -2.21. The van der Waals surface area contributed by atoms with Crippen molar-refractivity contribution >= 4 is 11.6 Å². The average Bonchev–Trinajstić information content (AvgIpc) is 2.98. The molecule has 1 unspecified atom stereocenters. The second-order valence-electron chi connectivity index (χ2n) is 5.25. The number of fused-ring (bicyclic) bond motifs is 1. The number of ether oxygens (including phenoxy) is 1. The van der Waals surface area contributed by atoms with Gasteiger partial charge in [-0.25, -0.2) is 4.98 Å². The van der Waals surface area contributed by atoms with Gasteiger partial charge in [-0.15, -0.1) is 0 Å². The summed E-state index contributed by atoms with van der Waals surface area (Å²) in [6, 6.07) is 3.61. The van der Waals surface area contributed by atoms with E-state index in [0.29, 0.717) is 12.2 Å². The predicted molar refractivity (Wildman–Crippen MR) is 77.5 cm³/mol. The van der Waals surface area contributed by atoms with Crippen molar-refractivity contribution < 1.29 is 9.53 Å². The Morgan fingerprint density at radius 3 is 3.19 bits per heavy atom. The summed E-state index contributed by atoms with van der Waals surface area (Å²) in [5.41, 5.74) is 1.24. The molecule has 1 aliphatic rings. The van der Waals surface area contributed by atoms with E-state index in [2.05, 4.69) is 10.3 Å². The molecule has 1 atom stereocenters. The van der Waals surface area contributed by atoms with Crippen LogP contribution in [0.5, 0.6) is 0 Å². The molecule has 1 amide bonds. The van der Waals surface area contributed by atoms with Gasteiger partial charge in [-0.3, -0.25) is 14.0 Å². The summed E-state index contributed by atoms with van der Waals surface area (Å²) in [6.45, 7) is 3.09. The first kappa shape index (κ1) is 13.8. The minimum atomic E-state index is -0.405. The molecule has 1 saturated heterocycles. The van der Waals surface area contributed by atoms with Crippen molar-refractivity contribution in [1.82, 2.24) is 14.7 Å². The lowest BCUT2D eigenvalue weighted by Crippen LogP contribution is -2.36. The Morgan fingerprint density at radius 1 is 1.57 bits per heavy atom. The topological polar surface area (TPSA) is 72.7 Å². The first-order chi connectivity index (χ1) is 10.1. The number of carbonyl (C=O) groups is 1. The van der Waals surface area contributed by atoms with Gasteiger partial charge in [-0.05, 0) is 37.5 Å². The van der Waals surface area contributed by atoms with Crippen molar-refractivity contribution in [2.45, 2.75) is 25.9 Å². The molecule has 0 spiro atoms. The summed E-state index contributed by atoms with van der Waals surface area (Å²) in [4.78, 5) is 28.6. The summed E-state index contributed by atoms with van der Waals surface area (Å²) in [5, 5.41) is 2.74. The van der Waals surface area contributed by atoms with Crippen molar-refractivity contribution in [3.8, 4) is 0 Å². The monoisotopic (exact) mass is 287 g/mol. The van der Waals surface area contributed by atoms with E-state index in [-0.39, 0.29) is 17.2 Å². The molecule has 6 nitrogen and oxygen atoms in total. The quantitative estimate of drug-likeness (QED) is 0.911. The molecule has 2 aromatic rings. The van der Waals surface area contributed by atoms with Crippen LogP contribution in [0, 0.1) is 6.92 Å². The highest BCUT2D eigenvalue weighted by atomic mass is 16.5. The number of pyridine rings is 1. The third-order valence-corrected chi connectivity index (χ3v) is 3.62. The molecule has 2 aromatic heterocycles. The number of aromatic nitrogens is 2. The first-order valence-electron chi connectivity index (χ1n) is 7.03. The van der Waals surface area contributed by atoms with Gasteiger partial charge >= 0.3 is 0 Å². The summed E-state index contributed by atoms with van der Waals surface area (Å²) < 4.78 is 6.82. The van der Waals surface area contributed by atoms with Gasteiger partial charge in [-0.1, -0.05) is 0 Å². The minimum absolute atomic E-state index is 0.0489. The van der Waals surface area contributed by atoms with Crippen molar-refractivity contribution in [1.29, 1.82) is 0 Å². The van der Waals surface area contributed by atoms with Gasteiger partial charge in [0, 0.05) is 25.5 Å². The Kier molecular flexibility index (Phi) is 3.70. The standard InChI is InChI=1S/C15H17N3O3/c1-10-4-5-18-13(7-10)16-9-12(15(18)20)14(19)17-8-11-3-2-6-21-11/h4-5,7,9,11H,2-3,6,8H2,1H3,(H,17,19). The van der Waals surface area contributed by atoms with E-state index >= 15 is 0 Å². The molecular weight excluding hydrogens is 270 g/mol. The molecule has 3 heterocycles. The molecule has 1 fully saturated rings. The molecule has 1 N–H and O–H groups in total. The normalized spacial score (nSPS) is 18.0. The van der Waals surface area contributed by atoms with Crippen LogP contribution in [0.25, 0.3) is 5.65 Å². The van der Waals surface area contributed by atoms with Gasteiger partial charge in [-0.2, -0.15) is 0 Å². The van der Waals surface area contributed by atoms with Crippen LogP contribution in [-0.2, 0) is 4.74 Å². The largest absolute Gasteiger partial charge is 0.376 e. The van der Waals surface area contributed by atoms with Crippen molar-refractivity contribution in [2.24, 2.45) is 0 Å². The number of amides is 1. The zero-order valence-electron chi connectivity index (χ0n) is 11.8. The molecule has 110 valence electrons. The van der Waals surface area contributed by atoms with Crippen LogP contribution < -0.4 is 10.9 Å². The van der Waals surface area contributed by atoms with Gasteiger partial charge in [0.1, 0.15) is 11.2 Å². The minimum Gasteiger partial charge on any atom is -0.376 e. The highest BCUT2D eigenvalue weighted by Crippen LogP contribution is 2.10. The Bertz CT molecular complexity index is 733. The summed E-state index contributed by atoms with van der Waals surface area (Å²) in [6.07, 6.45) is 4.97. The third kappa shape index (κ3) is 2.80. The van der Waals surface area contributed by atoms with E-state index in [1.165, 1.54) is 10.6 Å². The average molecular weight is 287 g/mol. The van der Waals surface area contributed by atoms with E-state index in [1.807, 2.05) is 13.0 Å². The molecule has 1 aliphatic heterocycles. The maximum absolute atomic E-state index is 12.3. The number of aryl methyl sites for hydroxylation is 1. The number of hydrogen-bond donors (Lipinski definition) is 1. The highest BCUT2D eigenvalue weighted by molar-refractivity contribution is 5.93. The predicted octanol–water partition coefficient (Wildman–Crippen LogP) is 0.912. The van der Waals surface area contributed by atoms with E-state index in [0.717, 1.165) is 25.0 Å². The number of nitrogens with one attached hydrogen (secondary N) is 1. The number of hydrogen-bond acceptors (Lipinski definition) is 4. The smallest absolute Gasteiger partial charge is 0.270 e. The van der Waals surface area contributed by atoms with E-state index < -0.39 is 5.91 Å². The second-order valence-corrected chi connectivity index (χ2v) is 5.25. The van der Waals surface area contributed by atoms with Gasteiger partial charge < -0.3 is 10.1 Å². The van der Waals surface area contributed by atoms with Crippen molar-refractivity contribution in [3.05, 3.63) is 46.0 Å². The van der Waals surface area contributed by atoms with Crippen LogP contribution in [0.3, 0.4) is 0 Å².